The molecule has 0 bridgehead atoms. The first-order valence-corrected chi connectivity index (χ1v) is 10.7. The topological polar surface area (TPSA) is 79.4 Å². The number of sulfonamides is 1. The maximum absolute atomic E-state index is 13.3. The van der Waals surface area contributed by atoms with Gasteiger partial charge in [0.05, 0.1) is 0 Å². The minimum Gasteiger partial charge on any atom is -0.355 e. The van der Waals surface area contributed by atoms with Gasteiger partial charge in [0.15, 0.2) is 0 Å². The van der Waals surface area contributed by atoms with Gasteiger partial charge in [-0.05, 0) is 49.1 Å². The van der Waals surface area contributed by atoms with Crippen LogP contribution in [-0.4, -0.2) is 36.2 Å². The van der Waals surface area contributed by atoms with Crippen molar-refractivity contribution in [1.29, 1.82) is 0 Å². The Morgan fingerprint density at radius 2 is 1.96 bits per heavy atom. The molecule has 1 aliphatic rings. The summed E-state index contributed by atoms with van der Waals surface area (Å²) in [6.07, 6.45) is 4.99. The monoisotopic (exact) mass is 437 g/mol. The van der Waals surface area contributed by atoms with Crippen LogP contribution >= 0.6 is 15.9 Å². The lowest BCUT2D eigenvalue weighted by Gasteiger charge is -2.29. The molecular formula is C18H20BrN3O3S. The summed E-state index contributed by atoms with van der Waals surface area (Å²) in [5.74, 6) is -0.243. The van der Waals surface area contributed by atoms with Crippen LogP contribution in [-0.2, 0) is 21.4 Å². The Morgan fingerprint density at radius 1 is 1.19 bits per heavy atom. The van der Waals surface area contributed by atoms with Crippen molar-refractivity contribution in [3.8, 4) is 0 Å². The van der Waals surface area contributed by atoms with Crippen LogP contribution in [0.2, 0.25) is 0 Å². The SMILES string of the molecule is O=C1NCCCCC1N(Cc1ccc(Br)cc1)S(=O)(=O)c1cccnc1. The second-order valence-electron chi connectivity index (χ2n) is 6.17. The molecule has 2 heterocycles. The number of carbonyl (C=O) groups is 1. The normalized spacial score (nSPS) is 18.4. The third-order valence-corrected chi connectivity index (χ3v) is 6.71. The van der Waals surface area contributed by atoms with E-state index in [0.29, 0.717) is 13.0 Å². The molecule has 1 fully saturated rings. The van der Waals surface area contributed by atoms with Gasteiger partial charge in [0.2, 0.25) is 15.9 Å². The van der Waals surface area contributed by atoms with Gasteiger partial charge >= 0.3 is 0 Å². The quantitative estimate of drug-likeness (QED) is 0.779. The molecule has 0 saturated carbocycles. The number of nitrogens with zero attached hydrogens (tertiary/aromatic N) is 2. The van der Waals surface area contributed by atoms with Crippen LogP contribution in [0.25, 0.3) is 0 Å². The Balaban J connectivity index is 2.00. The van der Waals surface area contributed by atoms with E-state index in [-0.39, 0.29) is 17.3 Å². The lowest BCUT2D eigenvalue weighted by atomic mass is 10.1. The number of aromatic nitrogens is 1. The minimum atomic E-state index is -3.86. The largest absolute Gasteiger partial charge is 0.355 e. The molecule has 6 nitrogen and oxygen atoms in total. The molecular weight excluding hydrogens is 418 g/mol. The van der Waals surface area contributed by atoms with Crippen LogP contribution in [0.15, 0.2) is 58.2 Å². The molecule has 2 aromatic rings. The van der Waals surface area contributed by atoms with E-state index in [1.165, 1.54) is 22.8 Å². The summed E-state index contributed by atoms with van der Waals surface area (Å²) in [4.78, 5) is 16.6. The number of rotatable bonds is 5. The highest BCUT2D eigenvalue weighted by Gasteiger charge is 2.36. The molecule has 0 radical (unpaired) electrons. The predicted molar refractivity (Wildman–Crippen MR) is 102 cm³/mol. The fourth-order valence-electron chi connectivity index (χ4n) is 2.97. The van der Waals surface area contributed by atoms with E-state index in [0.717, 1.165) is 22.9 Å². The minimum absolute atomic E-state index is 0.0918. The number of hydrogen-bond donors (Lipinski definition) is 1. The predicted octanol–water partition coefficient (Wildman–Crippen LogP) is 2.70. The fraction of sp³-hybridized carbons (Fsp3) is 0.333. The van der Waals surface area contributed by atoms with Gasteiger partial charge in [-0.2, -0.15) is 4.31 Å². The molecule has 1 aromatic carbocycles. The smallest absolute Gasteiger partial charge is 0.245 e. The number of amides is 1. The summed E-state index contributed by atoms with van der Waals surface area (Å²) in [6.45, 7) is 0.705. The highest BCUT2D eigenvalue weighted by atomic mass is 79.9. The molecule has 1 saturated heterocycles. The third kappa shape index (κ3) is 4.31. The Morgan fingerprint density at radius 3 is 2.65 bits per heavy atom. The molecule has 1 aromatic heterocycles. The van der Waals surface area contributed by atoms with Crippen molar-refractivity contribution in [3.63, 3.8) is 0 Å². The number of carbonyl (C=O) groups excluding carboxylic acids is 1. The highest BCUT2D eigenvalue weighted by Crippen LogP contribution is 2.25. The van der Waals surface area contributed by atoms with E-state index in [1.54, 1.807) is 6.07 Å². The zero-order chi connectivity index (χ0) is 18.6. The lowest BCUT2D eigenvalue weighted by molar-refractivity contribution is -0.124. The maximum atomic E-state index is 13.3. The van der Waals surface area contributed by atoms with Crippen molar-refractivity contribution in [2.45, 2.75) is 36.7 Å². The summed E-state index contributed by atoms with van der Waals surface area (Å²) >= 11 is 3.38. The summed E-state index contributed by atoms with van der Waals surface area (Å²) in [5.41, 5.74) is 0.817. The fourth-order valence-corrected chi connectivity index (χ4v) is 4.80. The summed E-state index contributed by atoms with van der Waals surface area (Å²) in [6, 6.07) is 9.78. The lowest BCUT2D eigenvalue weighted by Crippen LogP contribution is -2.48. The van der Waals surface area contributed by atoms with Gasteiger partial charge in [-0.1, -0.05) is 28.1 Å². The number of hydrogen-bond acceptors (Lipinski definition) is 4. The first kappa shape index (κ1) is 19.0. The number of benzene rings is 1. The van der Waals surface area contributed by atoms with E-state index < -0.39 is 16.1 Å². The first-order valence-electron chi connectivity index (χ1n) is 8.42. The van der Waals surface area contributed by atoms with Crippen LogP contribution in [0, 0.1) is 0 Å². The molecule has 1 unspecified atom stereocenters. The molecule has 8 heteroatoms. The Kier molecular flexibility index (Phi) is 6.05. The molecule has 1 amide bonds. The average molecular weight is 438 g/mol. The molecule has 0 spiro atoms. The molecule has 26 heavy (non-hydrogen) atoms. The first-order chi connectivity index (χ1) is 12.5. The zero-order valence-electron chi connectivity index (χ0n) is 14.1. The third-order valence-electron chi connectivity index (χ3n) is 4.35. The van der Waals surface area contributed by atoms with Crippen LogP contribution in [0.5, 0.6) is 0 Å². The van der Waals surface area contributed by atoms with Crippen LogP contribution in [0.1, 0.15) is 24.8 Å². The van der Waals surface area contributed by atoms with Crippen LogP contribution in [0.4, 0.5) is 0 Å². The summed E-state index contributed by atoms with van der Waals surface area (Å²) in [5, 5.41) is 2.83. The molecule has 3 rings (SSSR count). The number of halogens is 1. The van der Waals surface area contributed by atoms with Crippen molar-refractivity contribution >= 4 is 31.9 Å². The Bertz CT molecular complexity index is 857. The van der Waals surface area contributed by atoms with Gasteiger partial charge in [0.1, 0.15) is 10.9 Å². The van der Waals surface area contributed by atoms with Crippen molar-refractivity contribution in [3.05, 3.63) is 58.8 Å². The van der Waals surface area contributed by atoms with Crippen molar-refractivity contribution in [2.24, 2.45) is 0 Å². The van der Waals surface area contributed by atoms with Gasteiger partial charge in [-0.25, -0.2) is 8.42 Å². The Hall–Kier alpha value is -1.77. The highest BCUT2D eigenvalue weighted by molar-refractivity contribution is 9.10. The number of nitrogens with one attached hydrogen (secondary N) is 1. The van der Waals surface area contributed by atoms with Crippen LogP contribution < -0.4 is 5.32 Å². The van der Waals surface area contributed by atoms with Crippen LogP contribution in [0.3, 0.4) is 0 Å². The van der Waals surface area contributed by atoms with Crippen molar-refractivity contribution < 1.29 is 13.2 Å². The van der Waals surface area contributed by atoms with Crippen molar-refractivity contribution in [1.82, 2.24) is 14.6 Å². The second-order valence-corrected chi connectivity index (χ2v) is 8.97. The Labute approximate surface area is 161 Å². The van der Waals surface area contributed by atoms with E-state index in [2.05, 4.69) is 26.2 Å². The van der Waals surface area contributed by atoms with Gasteiger partial charge < -0.3 is 5.32 Å². The zero-order valence-corrected chi connectivity index (χ0v) is 16.5. The second kappa shape index (κ2) is 8.28. The summed E-state index contributed by atoms with van der Waals surface area (Å²) < 4.78 is 28.7. The van der Waals surface area contributed by atoms with Gasteiger partial charge in [-0.3, -0.25) is 9.78 Å². The van der Waals surface area contributed by atoms with E-state index in [9.17, 15) is 13.2 Å². The van der Waals surface area contributed by atoms with E-state index >= 15 is 0 Å². The number of pyridine rings is 1. The van der Waals surface area contributed by atoms with Gasteiger partial charge in [0.25, 0.3) is 0 Å². The summed E-state index contributed by atoms with van der Waals surface area (Å²) in [7, 11) is -3.86. The van der Waals surface area contributed by atoms with E-state index in [1.807, 2.05) is 24.3 Å². The van der Waals surface area contributed by atoms with Gasteiger partial charge in [-0.15, -0.1) is 0 Å². The maximum Gasteiger partial charge on any atom is 0.245 e. The molecule has 0 aliphatic carbocycles. The van der Waals surface area contributed by atoms with Crippen molar-refractivity contribution in [2.75, 3.05) is 6.54 Å². The van der Waals surface area contributed by atoms with Gasteiger partial charge in [0, 0.05) is 30.0 Å². The molecule has 1 atom stereocenters. The average Bonchev–Trinajstić information content (AvgIpc) is 2.86. The standard InChI is InChI=1S/C18H20BrN3O3S/c19-15-8-6-14(7-9-15)13-22(17-5-1-2-11-21-18(17)23)26(24,25)16-4-3-10-20-12-16/h3-4,6-10,12,17H,1-2,5,11,13H2,(H,21,23). The van der Waals surface area contributed by atoms with E-state index in [4.69, 9.17) is 0 Å². The molecule has 1 N–H and O–H groups in total. The molecule has 138 valence electrons. The molecule has 1 aliphatic heterocycles.